The van der Waals surface area contributed by atoms with Gasteiger partial charge in [-0.2, -0.15) is 9.90 Å². The molecule has 27 heavy (non-hydrogen) atoms. The van der Waals surface area contributed by atoms with Crippen molar-refractivity contribution in [1.82, 2.24) is 24.9 Å². The zero-order chi connectivity index (χ0) is 18.6. The summed E-state index contributed by atoms with van der Waals surface area (Å²) >= 11 is 0. The van der Waals surface area contributed by atoms with Gasteiger partial charge in [0.2, 0.25) is 0 Å². The quantitative estimate of drug-likeness (QED) is 0.713. The number of carbonyl (C=O) groups excluding carboxylic acids is 1. The van der Waals surface area contributed by atoms with Crippen LogP contribution in [0.2, 0.25) is 0 Å². The minimum Gasteiger partial charge on any atom is -0.357 e. The molecule has 0 radical (unpaired) electrons. The number of piperidine rings is 1. The minimum absolute atomic E-state index is 0.0591. The number of amides is 1. The van der Waals surface area contributed by atoms with Crippen molar-refractivity contribution in [3.8, 4) is 5.69 Å². The van der Waals surface area contributed by atoms with Crippen molar-refractivity contribution in [3.63, 3.8) is 0 Å². The zero-order valence-corrected chi connectivity index (χ0v) is 15.3. The van der Waals surface area contributed by atoms with Gasteiger partial charge >= 0.3 is 0 Å². The molecule has 3 heterocycles. The monoisotopic (exact) mass is 362 g/mol. The van der Waals surface area contributed by atoms with E-state index in [1.807, 2.05) is 53.4 Å². The van der Waals surface area contributed by atoms with Gasteiger partial charge < -0.3 is 9.80 Å². The number of hydrogen-bond acceptors (Lipinski definition) is 5. The van der Waals surface area contributed by atoms with Crippen molar-refractivity contribution in [2.24, 2.45) is 0 Å². The summed E-state index contributed by atoms with van der Waals surface area (Å²) in [6.45, 7) is 1.41. The third-order valence-corrected chi connectivity index (χ3v) is 5.01. The molecule has 1 aliphatic heterocycles. The number of anilines is 1. The van der Waals surface area contributed by atoms with Gasteiger partial charge in [0.15, 0.2) is 5.69 Å². The minimum atomic E-state index is -0.0591. The topological polar surface area (TPSA) is 67.2 Å². The van der Waals surface area contributed by atoms with Crippen LogP contribution in [0.4, 0.5) is 5.82 Å². The maximum Gasteiger partial charge on any atom is 0.276 e. The molecule has 3 aromatic rings. The molecule has 0 bridgehead atoms. The second-order valence-corrected chi connectivity index (χ2v) is 6.68. The highest BCUT2D eigenvalue weighted by Gasteiger charge is 2.27. The molecule has 0 N–H and O–H groups in total. The predicted octanol–water partition coefficient (Wildman–Crippen LogP) is 2.40. The number of carbonyl (C=O) groups is 1. The highest BCUT2D eigenvalue weighted by atomic mass is 16.2. The molecule has 1 aromatic carbocycles. The molecule has 1 fully saturated rings. The van der Waals surface area contributed by atoms with Crippen LogP contribution < -0.4 is 4.90 Å². The van der Waals surface area contributed by atoms with Gasteiger partial charge in [-0.3, -0.25) is 4.79 Å². The molecule has 0 spiro atoms. The van der Waals surface area contributed by atoms with Crippen molar-refractivity contribution >= 4 is 11.7 Å². The molecule has 2 aromatic heterocycles. The van der Waals surface area contributed by atoms with Gasteiger partial charge in [0, 0.05) is 32.4 Å². The lowest BCUT2D eigenvalue weighted by Crippen LogP contribution is -2.46. The third kappa shape index (κ3) is 3.67. The van der Waals surface area contributed by atoms with Crippen LogP contribution in [-0.4, -0.2) is 57.0 Å². The van der Waals surface area contributed by atoms with Crippen LogP contribution in [0.25, 0.3) is 5.69 Å². The molecule has 138 valence electrons. The Morgan fingerprint density at radius 2 is 1.81 bits per heavy atom. The first kappa shape index (κ1) is 17.2. The van der Waals surface area contributed by atoms with E-state index >= 15 is 0 Å². The molecule has 4 rings (SSSR count). The summed E-state index contributed by atoms with van der Waals surface area (Å²) < 4.78 is 0. The summed E-state index contributed by atoms with van der Waals surface area (Å²) in [4.78, 5) is 22.7. The van der Waals surface area contributed by atoms with Crippen LogP contribution in [0.3, 0.4) is 0 Å². The van der Waals surface area contributed by atoms with Gasteiger partial charge in [0.25, 0.3) is 5.91 Å². The Kier molecular flexibility index (Phi) is 4.82. The number of hydrogen-bond donors (Lipinski definition) is 0. The largest absolute Gasteiger partial charge is 0.357 e. The van der Waals surface area contributed by atoms with Crippen LogP contribution in [0.15, 0.2) is 60.9 Å². The van der Waals surface area contributed by atoms with Crippen molar-refractivity contribution in [1.29, 1.82) is 0 Å². The van der Waals surface area contributed by atoms with Gasteiger partial charge in [-0.05, 0) is 37.1 Å². The molecule has 1 amide bonds. The van der Waals surface area contributed by atoms with Gasteiger partial charge in [-0.1, -0.05) is 24.3 Å². The fourth-order valence-corrected chi connectivity index (χ4v) is 3.41. The number of aromatic nitrogens is 4. The first-order valence-electron chi connectivity index (χ1n) is 9.13. The molecule has 7 heteroatoms. The summed E-state index contributed by atoms with van der Waals surface area (Å²) in [5.74, 6) is 0.907. The van der Waals surface area contributed by atoms with E-state index in [9.17, 15) is 4.79 Å². The summed E-state index contributed by atoms with van der Waals surface area (Å²) in [5, 5.41) is 8.58. The second-order valence-electron chi connectivity index (χ2n) is 6.68. The Morgan fingerprint density at radius 1 is 1.07 bits per heavy atom. The average molecular weight is 362 g/mol. The number of likely N-dealkylation sites (tertiary alicyclic amines) is 1. The fraction of sp³-hybridized carbons (Fsp3) is 0.300. The molecule has 0 unspecified atom stereocenters. The number of benzene rings is 1. The second kappa shape index (κ2) is 7.57. The predicted molar refractivity (Wildman–Crippen MR) is 103 cm³/mol. The standard InChI is InChI=1S/C20H22N6O/c1-24(19-9-5-6-12-21-19)16-10-13-25(14-11-16)20(27)18-15-22-26(23-18)17-7-3-2-4-8-17/h2-9,12,15-16H,10-11,13-14H2,1H3. The number of rotatable bonds is 4. The van der Waals surface area contributed by atoms with Crippen LogP contribution in [-0.2, 0) is 0 Å². The molecule has 1 aliphatic rings. The van der Waals surface area contributed by atoms with E-state index in [0.29, 0.717) is 24.8 Å². The molecular formula is C20H22N6O. The van der Waals surface area contributed by atoms with Gasteiger partial charge in [0.1, 0.15) is 5.82 Å². The Morgan fingerprint density at radius 3 is 2.52 bits per heavy atom. The van der Waals surface area contributed by atoms with E-state index in [1.165, 1.54) is 4.80 Å². The first-order chi connectivity index (χ1) is 13.2. The Bertz CT molecular complexity index is 887. The zero-order valence-electron chi connectivity index (χ0n) is 15.3. The molecule has 1 saturated heterocycles. The van der Waals surface area contributed by atoms with E-state index in [4.69, 9.17) is 0 Å². The van der Waals surface area contributed by atoms with E-state index in [1.54, 1.807) is 12.4 Å². The number of pyridine rings is 1. The fourth-order valence-electron chi connectivity index (χ4n) is 3.41. The Labute approximate surface area is 158 Å². The molecule has 0 saturated carbocycles. The maximum atomic E-state index is 12.8. The van der Waals surface area contributed by atoms with Gasteiger partial charge in [-0.15, -0.1) is 5.10 Å². The normalized spacial score (nSPS) is 14.9. The lowest BCUT2D eigenvalue weighted by molar-refractivity contribution is 0.0706. The maximum absolute atomic E-state index is 12.8. The summed E-state index contributed by atoms with van der Waals surface area (Å²) in [6.07, 6.45) is 5.17. The van der Waals surface area contributed by atoms with Crippen LogP contribution >= 0.6 is 0 Å². The SMILES string of the molecule is CN(c1ccccn1)C1CCN(C(=O)c2cnn(-c3ccccc3)n2)CC1. The summed E-state index contributed by atoms with van der Waals surface area (Å²) in [5.41, 5.74) is 1.22. The highest BCUT2D eigenvalue weighted by Crippen LogP contribution is 2.21. The van der Waals surface area contributed by atoms with Crippen LogP contribution in [0, 0.1) is 0 Å². The van der Waals surface area contributed by atoms with Crippen molar-refractivity contribution < 1.29 is 4.79 Å². The lowest BCUT2D eigenvalue weighted by atomic mass is 10.0. The third-order valence-electron chi connectivity index (χ3n) is 5.01. The molecule has 0 atom stereocenters. The van der Waals surface area contributed by atoms with Gasteiger partial charge in [0.05, 0.1) is 11.9 Å². The average Bonchev–Trinajstić information content (AvgIpc) is 3.24. The van der Waals surface area contributed by atoms with Crippen LogP contribution in [0.1, 0.15) is 23.3 Å². The lowest BCUT2D eigenvalue weighted by Gasteiger charge is -2.37. The number of para-hydroxylation sites is 1. The summed E-state index contributed by atoms with van der Waals surface area (Å²) in [7, 11) is 2.07. The van der Waals surface area contributed by atoms with E-state index < -0.39 is 0 Å². The first-order valence-corrected chi connectivity index (χ1v) is 9.13. The molecule has 7 nitrogen and oxygen atoms in total. The molecular weight excluding hydrogens is 340 g/mol. The smallest absolute Gasteiger partial charge is 0.276 e. The van der Waals surface area contributed by atoms with Crippen LogP contribution in [0.5, 0.6) is 0 Å². The van der Waals surface area contributed by atoms with E-state index in [2.05, 4.69) is 27.1 Å². The Balaban J connectivity index is 1.38. The Hall–Kier alpha value is -3.22. The van der Waals surface area contributed by atoms with E-state index in [0.717, 1.165) is 24.3 Å². The van der Waals surface area contributed by atoms with Crippen molar-refractivity contribution in [2.45, 2.75) is 18.9 Å². The van der Waals surface area contributed by atoms with E-state index in [-0.39, 0.29) is 5.91 Å². The highest BCUT2D eigenvalue weighted by molar-refractivity contribution is 5.92. The van der Waals surface area contributed by atoms with Crippen molar-refractivity contribution in [3.05, 3.63) is 66.6 Å². The van der Waals surface area contributed by atoms with Gasteiger partial charge in [-0.25, -0.2) is 4.98 Å². The molecule has 0 aliphatic carbocycles. The summed E-state index contributed by atoms with van der Waals surface area (Å²) in [6, 6.07) is 15.9. The number of nitrogens with zero attached hydrogens (tertiary/aromatic N) is 6. The van der Waals surface area contributed by atoms with Crippen molar-refractivity contribution in [2.75, 3.05) is 25.0 Å².